The van der Waals surface area contributed by atoms with E-state index in [9.17, 15) is 9.59 Å². The van der Waals surface area contributed by atoms with E-state index in [4.69, 9.17) is 16.0 Å². The summed E-state index contributed by atoms with van der Waals surface area (Å²) in [6, 6.07) is 10.3. The second kappa shape index (κ2) is 10.7. The van der Waals surface area contributed by atoms with Crippen molar-refractivity contribution < 1.29 is 14.0 Å². The van der Waals surface area contributed by atoms with Crippen LogP contribution in [0.1, 0.15) is 27.8 Å². The normalized spacial score (nSPS) is 14.5. The standard InChI is InChI=1S/C21H26ClN5O3/c1-2-23-21(25-10-9-24-19(28)16-6-3-4-7-17(16)22)27-13-11-26(12-14-27)20(29)18-8-5-15-30-18/h3-8,15H,2,9-14H2,1H3,(H,23,25)(H,24,28). The first kappa shape index (κ1) is 21.7. The van der Waals surface area contributed by atoms with Gasteiger partial charge in [0.15, 0.2) is 11.7 Å². The number of nitrogens with zero attached hydrogens (tertiary/aromatic N) is 3. The van der Waals surface area contributed by atoms with E-state index < -0.39 is 0 Å². The molecule has 9 heteroatoms. The van der Waals surface area contributed by atoms with Crippen LogP contribution in [0.3, 0.4) is 0 Å². The quantitative estimate of drug-likeness (QED) is 0.415. The Morgan fingerprint density at radius 1 is 1.07 bits per heavy atom. The van der Waals surface area contributed by atoms with Gasteiger partial charge in [-0.15, -0.1) is 0 Å². The molecule has 2 aromatic rings. The Bertz CT molecular complexity index is 877. The van der Waals surface area contributed by atoms with Crippen LogP contribution in [0.25, 0.3) is 0 Å². The smallest absolute Gasteiger partial charge is 0.289 e. The highest BCUT2D eigenvalue weighted by molar-refractivity contribution is 6.33. The van der Waals surface area contributed by atoms with E-state index in [0.29, 0.717) is 55.6 Å². The number of amides is 2. The number of guanidine groups is 1. The molecular formula is C21H26ClN5O3. The van der Waals surface area contributed by atoms with Crippen molar-refractivity contribution in [3.63, 3.8) is 0 Å². The molecule has 3 rings (SSSR count). The highest BCUT2D eigenvalue weighted by Gasteiger charge is 2.25. The van der Waals surface area contributed by atoms with Gasteiger partial charge in [-0.2, -0.15) is 0 Å². The van der Waals surface area contributed by atoms with Gasteiger partial charge in [0.2, 0.25) is 0 Å². The molecule has 1 aliphatic heterocycles. The minimum atomic E-state index is -0.217. The summed E-state index contributed by atoms with van der Waals surface area (Å²) in [5, 5.41) is 6.54. The van der Waals surface area contributed by atoms with Crippen molar-refractivity contribution in [2.24, 2.45) is 4.99 Å². The van der Waals surface area contributed by atoms with Crippen LogP contribution in [-0.2, 0) is 0 Å². The number of carbonyl (C=O) groups excluding carboxylic acids is 2. The van der Waals surface area contributed by atoms with Crippen LogP contribution in [0.2, 0.25) is 5.02 Å². The van der Waals surface area contributed by atoms with Gasteiger partial charge in [-0.25, -0.2) is 0 Å². The van der Waals surface area contributed by atoms with Crippen LogP contribution >= 0.6 is 11.6 Å². The Labute approximate surface area is 180 Å². The van der Waals surface area contributed by atoms with Crippen molar-refractivity contribution in [3.05, 3.63) is 59.0 Å². The molecule has 2 heterocycles. The zero-order valence-electron chi connectivity index (χ0n) is 16.9. The lowest BCUT2D eigenvalue weighted by Gasteiger charge is -2.36. The van der Waals surface area contributed by atoms with Crippen LogP contribution in [-0.4, -0.2) is 73.4 Å². The van der Waals surface area contributed by atoms with E-state index in [2.05, 4.69) is 20.5 Å². The third-order valence-electron chi connectivity index (χ3n) is 4.71. The van der Waals surface area contributed by atoms with E-state index in [1.807, 2.05) is 6.92 Å². The number of furan rings is 1. The molecule has 1 aromatic carbocycles. The van der Waals surface area contributed by atoms with Gasteiger partial charge >= 0.3 is 0 Å². The van der Waals surface area contributed by atoms with Gasteiger partial charge in [0, 0.05) is 39.3 Å². The van der Waals surface area contributed by atoms with Gasteiger partial charge in [-0.05, 0) is 31.2 Å². The van der Waals surface area contributed by atoms with Gasteiger partial charge in [-0.3, -0.25) is 14.6 Å². The number of rotatable bonds is 6. The van der Waals surface area contributed by atoms with Crippen molar-refractivity contribution >= 4 is 29.4 Å². The third-order valence-corrected chi connectivity index (χ3v) is 5.04. The van der Waals surface area contributed by atoms with Crippen LogP contribution in [0.15, 0.2) is 52.1 Å². The van der Waals surface area contributed by atoms with Crippen LogP contribution in [0.4, 0.5) is 0 Å². The number of nitrogens with one attached hydrogen (secondary N) is 2. The Morgan fingerprint density at radius 3 is 2.47 bits per heavy atom. The fourth-order valence-corrected chi connectivity index (χ4v) is 3.40. The van der Waals surface area contributed by atoms with Crippen LogP contribution in [0.5, 0.6) is 0 Å². The molecular weight excluding hydrogens is 406 g/mol. The Balaban J connectivity index is 1.49. The summed E-state index contributed by atoms with van der Waals surface area (Å²) in [4.78, 5) is 33.1. The van der Waals surface area contributed by atoms with E-state index in [0.717, 1.165) is 12.5 Å². The van der Waals surface area contributed by atoms with Crippen molar-refractivity contribution in [1.29, 1.82) is 0 Å². The van der Waals surface area contributed by atoms with E-state index in [1.165, 1.54) is 6.26 Å². The summed E-state index contributed by atoms with van der Waals surface area (Å²) in [7, 11) is 0. The summed E-state index contributed by atoms with van der Waals surface area (Å²) in [5.74, 6) is 0.822. The maximum atomic E-state index is 12.4. The topological polar surface area (TPSA) is 90.2 Å². The summed E-state index contributed by atoms with van der Waals surface area (Å²) < 4.78 is 5.20. The van der Waals surface area contributed by atoms with Gasteiger partial charge in [0.1, 0.15) is 0 Å². The van der Waals surface area contributed by atoms with Gasteiger partial charge in [0.05, 0.1) is 23.4 Å². The summed E-state index contributed by atoms with van der Waals surface area (Å²) >= 11 is 6.05. The molecule has 0 atom stereocenters. The number of piperazine rings is 1. The van der Waals surface area contributed by atoms with Crippen LogP contribution < -0.4 is 10.6 Å². The Morgan fingerprint density at radius 2 is 1.80 bits per heavy atom. The molecule has 1 fully saturated rings. The fraction of sp³-hybridized carbons (Fsp3) is 0.381. The molecule has 0 spiro atoms. The number of carbonyl (C=O) groups is 2. The molecule has 160 valence electrons. The summed E-state index contributed by atoms with van der Waals surface area (Å²) in [6.07, 6.45) is 1.50. The number of hydrogen-bond acceptors (Lipinski definition) is 4. The molecule has 8 nitrogen and oxygen atoms in total. The lowest BCUT2D eigenvalue weighted by molar-refractivity contribution is 0.0657. The molecule has 30 heavy (non-hydrogen) atoms. The second-order valence-electron chi connectivity index (χ2n) is 6.73. The highest BCUT2D eigenvalue weighted by atomic mass is 35.5. The summed E-state index contributed by atoms with van der Waals surface area (Å²) in [5.41, 5.74) is 0.451. The van der Waals surface area contributed by atoms with E-state index >= 15 is 0 Å². The molecule has 1 aromatic heterocycles. The number of halogens is 1. The van der Waals surface area contributed by atoms with Crippen molar-refractivity contribution in [2.75, 3.05) is 45.8 Å². The maximum absolute atomic E-state index is 12.4. The molecule has 1 aliphatic rings. The SMILES string of the molecule is CCNC(=NCCNC(=O)c1ccccc1Cl)N1CCN(C(=O)c2ccco2)CC1. The first-order valence-electron chi connectivity index (χ1n) is 9.99. The van der Waals surface area contributed by atoms with E-state index in [1.54, 1.807) is 41.3 Å². The van der Waals surface area contributed by atoms with Crippen molar-refractivity contribution in [3.8, 4) is 0 Å². The number of aliphatic imine (C=N–C) groups is 1. The fourth-order valence-electron chi connectivity index (χ4n) is 3.18. The summed E-state index contributed by atoms with van der Waals surface area (Å²) in [6.45, 7) is 6.09. The van der Waals surface area contributed by atoms with Gasteiger partial charge < -0.3 is 24.9 Å². The first-order valence-corrected chi connectivity index (χ1v) is 10.4. The van der Waals surface area contributed by atoms with Gasteiger partial charge in [0.25, 0.3) is 11.8 Å². The monoisotopic (exact) mass is 431 g/mol. The zero-order valence-corrected chi connectivity index (χ0v) is 17.7. The number of hydrogen-bond donors (Lipinski definition) is 2. The Kier molecular flexibility index (Phi) is 7.73. The highest BCUT2D eigenvalue weighted by Crippen LogP contribution is 2.14. The maximum Gasteiger partial charge on any atom is 0.289 e. The molecule has 0 unspecified atom stereocenters. The predicted molar refractivity (Wildman–Crippen MR) is 116 cm³/mol. The Hall–Kier alpha value is -3.00. The first-order chi connectivity index (χ1) is 14.6. The van der Waals surface area contributed by atoms with Crippen LogP contribution in [0, 0.1) is 0 Å². The third kappa shape index (κ3) is 5.54. The largest absolute Gasteiger partial charge is 0.459 e. The van der Waals surface area contributed by atoms with E-state index in [-0.39, 0.29) is 11.8 Å². The molecule has 0 saturated carbocycles. The van der Waals surface area contributed by atoms with Crippen molar-refractivity contribution in [1.82, 2.24) is 20.4 Å². The average molecular weight is 432 g/mol. The second-order valence-corrected chi connectivity index (χ2v) is 7.14. The lowest BCUT2D eigenvalue weighted by atomic mass is 10.2. The lowest BCUT2D eigenvalue weighted by Crippen LogP contribution is -2.53. The zero-order chi connectivity index (χ0) is 21.3. The molecule has 2 amide bonds. The average Bonchev–Trinajstić information content (AvgIpc) is 3.30. The van der Waals surface area contributed by atoms with Crippen molar-refractivity contribution in [2.45, 2.75) is 6.92 Å². The molecule has 0 bridgehead atoms. The molecule has 1 saturated heterocycles. The molecule has 0 aliphatic carbocycles. The number of benzene rings is 1. The minimum Gasteiger partial charge on any atom is -0.459 e. The molecule has 2 N–H and O–H groups in total. The molecule has 0 radical (unpaired) electrons. The van der Waals surface area contributed by atoms with Gasteiger partial charge in [-0.1, -0.05) is 23.7 Å². The predicted octanol–water partition coefficient (Wildman–Crippen LogP) is 2.09. The minimum absolute atomic E-state index is 0.0936.